The molecule has 0 heterocycles. The summed E-state index contributed by atoms with van der Waals surface area (Å²) < 4.78 is 30.4. The van der Waals surface area contributed by atoms with Crippen molar-refractivity contribution in [3.05, 3.63) is 59.2 Å². The lowest BCUT2D eigenvalue weighted by atomic mass is 9.55. The van der Waals surface area contributed by atoms with Crippen LogP contribution in [0, 0.1) is 16.7 Å². The molecule has 1 unspecified atom stereocenters. The van der Waals surface area contributed by atoms with E-state index in [1.807, 2.05) is 56.3 Å². The molecule has 0 bridgehead atoms. The number of hydrogen-bond donors (Lipinski definition) is 1. The first-order chi connectivity index (χ1) is 23.6. The average Bonchev–Trinajstić information content (AvgIpc) is 3.27. The van der Waals surface area contributed by atoms with Gasteiger partial charge in [-0.3, -0.25) is 24.0 Å². The zero-order chi connectivity index (χ0) is 38.2. The van der Waals surface area contributed by atoms with E-state index in [0.29, 0.717) is 16.7 Å². The number of fused-ring (bicyclic) bond motifs is 2. The summed E-state index contributed by atoms with van der Waals surface area (Å²) in [5.41, 5.74) is -2.28. The van der Waals surface area contributed by atoms with Crippen LogP contribution in [-0.4, -0.2) is 90.1 Å². The van der Waals surface area contributed by atoms with Gasteiger partial charge in [-0.2, -0.15) is 0 Å². The fourth-order valence-electron chi connectivity index (χ4n) is 8.93. The van der Waals surface area contributed by atoms with Gasteiger partial charge in [0.05, 0.1) is 17.4 Å². The van der Waals surface area contributed by atoms with Crippen molar-refractivity contribution in [3.63, 3.8) is 0 Å². The van der Waals surface area contributed by atoms with E-state index in [1.54, 1.807) is 20.8 Å². The van der Waals surface area contributed by atoms with Gasteiger partial charge in [0, 0.05) is 51.5 Å². The molecule has 0 aromatic heterocycles. The molecule has 1 aromatic carbocycles. The van der Waals surface area contributed by atoms with Crippen LogP contribution in [-0.2, 0) is 47.7 Å². The van der Waals surface area contributed by atoms with Crippen molar-refractivity contribution in [1.29, 1.82) is 0 Å². The Hall–Kier alpha value is -4.03. The summed E-state index contributed by atoms with van der Waals surface area (Å²) >= 11 is 0. The molecule has 51 heavy (non-hydrogen) atoms. The highest BCUT2D eigenvalue weighted by molar-refractivity contribution is 5.72. The van der Waals surface area contributed by atoms with Gasteiger partial charge < -0.3 is 33.7 Å². The number of rotatable bonds is 10. The van der Waals surface area contributed by atoms with Crippen molar-refractivity contribution >= 4 is 29.8 Å². The number of nitrogens with zero attached hydrogens (tertiary/aromatic N) is 1. The molecular formula is C39H53NO11. The second-order valence-electron chi connectivity index (χ2n) is 15.2. The van der Waals surface area contributed by atoms with Gasteiger partial charge in [0.25, 0.3) is 0 Å². The molecular weight excluding hydrogens is 658 g/mol. The lowest BCUT2D eigenvalue weighted by Crippen LogP contribution is -2.60. The minimum Gasteiger partial charge on any atom is -0.461 e. The Balaban J connectivity index is 1.93. The van der Waals surface area contributed by atoms with Crippen LogP contribution in [0.4, 0.5) is 0 Å². The Labute approximate surface area is 300 Å². The molecule has 1 aromatic rings. The summed E-state index contributed by atoms with van der Waals surface area (Å²) in [4.78, 5) is 66.9. The van der Waals surface area contributed by atoms with E-state index in [2.05, 4.69) is 6.58 Å². The first-order valence-corrected chi connectivity index (χ1v) is 17.4. The SMILES string of the molecule is C=C1C2[C@@H](OC(C)=O)[C@]3(C(C)(C)O)C[C@H](OC(C)=O)C(C)=C3[C@H](OC(C)=O)[C@H](OC(C)=O)[C@@]2(C)CC[C@H]1OC(=O)C[C@@H](c1ccccc1)N(C)C. The van der Waals surface area contributed by atoms with Crippen LogP contribution >= 0.6 is 0 Å². The third-order valence-electron chi connectivity index (χ3n) is 11.1. The Bertz CT molecular complexity index is 1580. The monoisotopic (exact) mass is 711 g/mol. The molecule has 0 radical (unpaired) electrons. The maximum atomic E-state index is 13.7. The number of esters is 5. The van der Waals surface area contributed by atoms with E-state index in [-0.39, 0.29) is 31.7 Å². The van der Waals surface area contributed by atoms with E-state index in [9.17, 15) is 29.1 Å². The van der Waals surface area contributed by atoms with Gasteiger partial charge in [-0.05, 0) is 70.0 Å². The molecule has 3 aliphatic carbocycles. The standard InChI is InChI=1S/C39H53NO11/c1-21-29(51-31(45)19-28(40(10)11)27-15-13-12-14-16-27)17-18-38(9)33(21)35(49-25(5)43)39(37(7,8)46)20-30(47-23(3)41)22(2)32(39)34(48-24(4)42)36(38)50-26(6)44/h12-16,28-30,33-36,46H,1,17-20H2,2-11H3/t28-,29+,30-,33?,34-,35+,36-,38-,39-/m0/s1. The number of ether oxygens (including phenoxy) is 5. The minimum atomic E-state index is -1.72. The van der Waals surface area contributed by atoms with Crippen LogP contribution in [0.2, 0.25) is 0 Å². The van der Waals surface area contributed by atoms with Crippen LogP contribution in [0.5, 0.6) is 0 Å². The molecule has 2 fully saturated rings. The third-order valence-corrected chi connectivity index (χ3v) is 11.1. The third kappa shape index (κ3) is 7.62. The highest BCUT2D eigenvalue weighted by Gasteiger charge is 2.72. The number of carbonyl (C=O) groups excluding carboxylic acids is 5. The van der Waals surface area contributed by atoms with E-state index in [0.717, 1.165) is 5.56 Å². The fraction of sp³-hybridized carbons (Fsp3) is 0.615. The van der Waals surface area contributed by atoms with Crippen LogP contribution in [0.3, 0.4) is 0 Å². The lowest BCUT2D eigenvalue weighted by molar-refractivity contribution is -0.193. The van der Waals surface area contributed by atoms with Gasteiger partial charge >= 0.3 is 29.8 Å². The summed E-state index contributed by atoms with van der Waals surface area (Å²) in [6, 6.07) is 9.34. The molecule has 12 heteroatoms. The number of benzene rings is 1. The second kappa shape index (κ2) is 14.9. The van der Waals surface area contributed by atoms with E-state index in [4.69, 9.17) is 23.7 Å². The largest absolute Gasteiger partial charge is 0.461 e. The zero-order valence-electron chi connectivity index (χ0n) is 31.4. The van der Waals surface area contributed by atoms with Crippen molar-refractivity contribution in [2.24, 2.45) is 16.7 Å². The Morgan fingerprint density at radius 1 is 0.882 bits per heavy atom. The molecule has 2 saturated carbocycles. The van der Waals surface area contributed by atoms with Crippen LogP contribution in [0.1, 0.15) is 92.7 Å². The number of hydrogen-bond acceptors (Lipinski definition) is 12. The first-order valence-electron chi connectivity index (χ1n) is 17.4. The normalized spacial score (nSPS) is 31.1. The van der Waals surface area contributed by atoms with Gasteiger partial charge in [0.1, 0.15) is 24.4 Å². The van der Waals surface area contributed by atoms with E-state index in [1.165, 1.54) is 27.7 Å². The van der Waals surface area contributed by atoms with E-state index >= 15 is 0 Å². The van der Waals surface area contributed by atoms with Crippen molar-refractivity contribution < 1.29 is 52.8 Å². The fourth-order valence-corrected chi connectivity index (χ4v) is 8.93. The van der Waals surface area contributed by atoms with Gasteiger partial charge in [0.2, 0.25) is 0 Å². The van der Waals surface area contributed by atoms with Crippen molar-refractivity contribution in [3.8, 4) is 0 Å². The summed E-state index contributed by atoms with van der Waals surface area (Å²) in [5.74, 6) is -3.97. The molecule has 9 atom stereocenters. The predicted molar refractivity (Wildman–Crippen MR) is 186 cm³/mol. The molecule has 4 rings (SSSR count). The topological polar surface area (TPSA) is 155 Å². The zero-order valence-corrected chi connectivity index (χ0v) is 31.4. The molecule has 12 nitrogen and oxygen atoms in total. The highest BCUT2D eigenvalue weighted by atomic mass is 16.6. The summed E-state index contributed by atoms with van der Waals surface area (Å²) in [7, 11) is 3.77. The molecule has 0 aliphatic heterocycles. The van der Waals surface area contributed by atoms with Crippen molar-refractivity contribution in [2.75, 3.05) is 14.1 Å². The Kier molecular flexibility index (Phi) is 11.6. The van der Waals surface area contributed by atoms with Crippen molar-refractivity contribution in [1.82, 2.24) is 4.90 Å². The molecule has 1 N–H and O–H groups in total. The molecule has 3 aliphatic rings. The minimum absolute atomic E-state index is 0.0461. The lowest BCUT2D eigenvalue weighted by Gasteiger charge is -2.54. The molecule has 0 saturated heterocycles. The smallest absolute Gasteiger partial charge is 0.308 e. The summed E-state index contributed by atoms with van der Waals surface area (Å²) in [6.07, 6.45) is -4.88. The van der Waals surface area contributed by atoms with Crippen LogP contribution in [0.25, 0.3) is 0 Å². The number of aliphatic hydroxyl groups is 1. The Morgan fingerprint density at radius 3 is 1.94 bits per heavy atom. The van der Waals surface area contributed by atoms with Crippen LogP contribution < -0.4 is 0 Å². The van der Waals surface area contributed by atoms with Gasteiger partial charge in [-0.25, -0.2) is 0 Å². The Morgan fingerprint density at radius 2 is 1.43 bits per heavy atom. The van der Waals surface area contributed by atoms with Crippen LogP contribution in [0.15, 0.2) is 53.6 Å². The molecule has 0 amide bonds. The highest BCUT2D eigenvalue weighted by Crippen LogP contribution is 2.66. The predicted octanol–water partition coefficient (Wildman–Crippen LogP) is 4.78. The average molecular weight is 712 g/mol. The maximum Gasteiger partial charge on any atom is 0.308 e. The second-order valence-corrected chi connectivity index (χ2v) is 15.2. The van der Waals surface area contributed by atoms with Crippen molar-refractivity contribution in [2.45, 2.75) is 123 Å². The number of carbonyl (C=O) groups is 5. The van der Waals surface area contributed by atoms with Gasteiger partial charge in [-0.1, -0.05) is 43.8 Å². The first kappa shape index (κ1) is 39.8. The van der Waals surface area contributed by atoms with Gasteiger partial charge in [0.15, 0.2) is 6.10 Å². The molecule has 280 valence electrons. The molecule has 0 spiro atoms. The van der Waals surface area contributed by atoms with E-state index < -0.39 is 82.7 Å². The quantitative estimate of drug-likeness (QED) is 0.202. The summed E-state index contributed by atoms with van der Waals surface area (Å²) in [5, 5.41) is 12.3. The van der Waals surface area contributed by atoms with Gasteiger partial charge in [-0.15, -0.1) is 0 Å². The summed E-state index contributed by atoms with van der Waals surface area (Å²) in [6.45, 7) is 16.1. The maximum absolute atomic E-state index is 13.7.